The summed E-state index contributed by atoms with van der Waals surface area (Å²) in [5, 5.41) is 3.78. The first-order chi connectivity index (χ1) is 10.1. The highest BCUT2D eigenvalue weighted by atomic mass is 15.2. The zero-order valence-corrected chi connectivity index (χ0v) is 15.2. The Morgan fingerprint density at radius 2 is 1.86 bits per heavy atom. The van der Waals surface area contributed by atoms with Crippen LogP contribution in [-0.2, 0) is 6.42 Å². The maximum Gasteiger partial charge on any atom is 0.141 e. The number of hydrogen-bond donors (Lipinski definition) is 1. The third-order valence-electron chi connectivity index (χ3n) is 3.83. The van der Waals surface area contributed by atoms with Crippen molar-refractivity contribution in [2.75, 3.05) is 5.32 Å². The second kappa shape index (κ2) is 5.94. The lowest BCUT2D eigenvalue weighted by molar-refractivity contribution is 0.302. The monoisotopic (exact) mass is 301 g/mol. The van der Waals surface area contributed by atoms with Gasteiger partial charge < -0.3 is 5.32 Å². The largest absolute Gasteiger partial charge is 0.365 e. The third kappa shape index (κ3) is 3.82. The van der Waals surface area contributed by atoms with E-state index in [1.54, 1.807) is 0 Å². The molecule has 122 valence electrons. The second-order valence-electron chi connectivity index (χ2n) is 8.29. The van der Waals surface area contributed by atoms with Gasteiger partial charge in [0.1, 0.15) is 11.5 Å². The molecule has 0 bridgehead atoms. The molecule has 2 aromatic heterocycles. The Morgan fingerprint density at radius 1 is 1.18 bits per heavy atom. The number of pyridine rings is 1. The quantitative estimate of drug-likeness (QED) is 0.820. The van der Waals surface area contributed by atoms with Gasteiger partial charge in [-0.3, -0.25) is 4.40 Å². The van der Waals surface area contributed by atoms with Crippen LogP contribution in [0.25, 0.3) is 5.65 Å². The Kier molecular flexibility index (Phi) is 4.55. The van der Waals surface area contributed by atoms with Gasteiger partial charge in [0.25, 0.3) is 0 Å². The number of aryl methyl sites for hydroxylation is 2. The summed E-state index contributed by atoms with van der Waals surface area (Å²) < 4.78 is 2.21. The van der Waals surface area contributed by atoms with Gasteiger partial charge in [-0.25, -0.2) is 4.98 Å². The van der Waals surface area contributed by atoms with Gasteiger partial charge in [-0.1, -0.05) is 40.2 Å². The highest BCUT2D eigenvalue weighted by Crippen LogP contribution is 2.31. The van der Waals surface area contributed by atoms with E-state index < -0.39 is 0 Å². The standard InChI is InChI=1S/C19H31N3/c1-8-10-15-17(21-19(6,7)13-18(3,4)5)22-12-9-11-14(2)16(22)20-15/h9,11-12,21H,8,10,13H2,1-7H3. The number of aromatic nitrogens is 2. The summed E-state index contributed by atoms with van der Waals surface area (Å²) >= 11 is 0. The van der Waals surface area contributed by atoms with E-state index in [1.807, 2.05) is 0 Å². The Morgan fingerprint density at radius 3 is 2.45 bits per heavy atom. The van der Waals surface area contributed by atoms with Gasteiger partial charge in [-0.2, -0.15) is 0 Å². The molecular weight excluding hydrogens is 270 g/mol. The summed E-state index contributed by atoms with van der Waals surface area (Å²) in [6.07, 6.45) is 5.33. The summed E-state index contributed by atoms with van der Waals surface area (Å²) in [6, 6.07) is 4.23. The maximum absolute atomic E-state index is 4.88. The molecule has 0 saturated carbocycles. The Balaban J connectivity index is 2.45. The predicted molar refractivity (Wildman–Crippen MR) is 95.7 cm³/mol. The lowest BCUT2D eigenvalue weighted by Crippen LogP contribution is -2.36. The van der Waals surface area contributed by atoms with Crippen molar-refractivity contribution in [1.29, 1.82) is 0 Å². The molecule has 0 aliphatic rings. The van der Waals surface area contributed by atoms with Crippen molar-refractivity contribution in [3.8, 4) is 0 Å². The molecule has 2 rings (SSSR count). The second-order valence-corrected chi connectivity index (χ2v) is 8.29. The van der Waals surface area contributed by atoms with Crippen LogP contribution < -0.4 is 5.32 Å². The van der Waals surface area contributed by atoms with Crippen molar-refractivity contribution in [3.05, 3.63) is 29.6 Å². The zero-order chi connectivity index (χ0) is 16.5. The van der Waals surface area contributed by atoms with E-state index in [0.717, 1.165) is 30.7 Å². The summed E-state index contributed by atoms with van der Waals surface area (Å²) in [4.78, 5) is 4.88. The minimum absolute atomic E-state index is 0.0282. The van der Waals surface area contributed by atoms with E-state index in [9.17, 15) is 0 Å². The fourth-order valence-corrected chi connectivity index (χ4v) is 3.48. The fourth-order valence-electron chi connectivity index (χ4n) is 3.48. The average Bonchev–Trinajstić information content (AvgIpc) is 2.66. The molecule has 0 saturated heterocycles. The lowest BCUT2D eigenvalue weighted by Gasteiger charge is -2.34. The topological polar surface area (TPSA) is 29.3 Å². The van der Waals surface area contributed by atoms with Gasteiger partial charge in [0.2, 0.25) is 0 Å². The third-order valence-corrected chi connectivity index (χ3v) is 3.83. The van der Waals surface area contributed by atoms with Crippen LogP contribution in [-0.4, -0.2) is 14.9 Å². The molecule has 0 unspecified atom stereocenters. The van der Waals surface area contributed by atoms with E-state index in [-0.39, 0.29) is 11.0 Å². The number of anilines is 1. The number of fused-ring (bicyclic) bond motifs is 1. The first-order valence-electron chi connectivity index (χ1n) is 8.38. The molecule has 0 amide bonds. The zero-order valence-electron chi connectivity index (χ0n) is 15.2. The summed E-state index contributed by atoms with van der Waals surface area (Å²) in [7, 11) is 0. The summed E-state index contributed by atoms with van der Waals surface area (Å²) in [6.45, 7) is 15.8. The van der Waals surface area contributed by atoms with Crippen molar-refractivity contribution in [3.63, 3.8) is 0 Å². The van der Waals surface area contributed by atoms with E-state index >= 15 is 0 Å². The Bertz CT molecular complexity index is 644. The maximum atomic E-state index is 4.88. The lowest BCUT2D eigenvalue weighted by atomic mass is 9.82. The summed E-state index contributed by atoms with van der Waals surface area (Å²) in [5.41, 5.74) is 3.79. The molecular formula is C19H31N3. The van der Waals surface area contributed by atoms with Gasteiger partial charge in [-0.15, -0.1) is 0 Å². The van der Waals surface area contributed by atoms with Crippen LogP contribution in [0.4, 0.5) is 5.82 Å². The van der Waals surface area contributed by atoms with Crippen LogP contribution in [0.1, 0.15) is 65.6 Å². The molecule has 3 nitrogen and oxygen atoms in total. The van der Waals surface area contributed by atoms with Crippen LogP contribution in [0.2, 0.25) is 0 Å². The van der Waals surface area contributed by atoms with Crippen LogP contribution in [0, 0.1) is 12.3 Å². The number of nitrogens with zero attached hydrogens (tertiary/aromatic N) is 2. The predicted octanol–water partition coefficient (Wildman–Crippen LogP) is 5.22. The fraction of sp³-hybridized carbons (Fsp3) is 0.632. The molecule has 0 radical (unpaired) electrons. The van der Waals surface area contributed by atoms with Crippen molar-refractivity contribution >= 4 is 11.5 Å². The molecule has 2 heterocycles. The van der Waals surface area contributed by atoms with Crippen molar-refractivity contribution in [1.82, 2.24) is 9.38 Å². The highest BCUT2D eigenvalue weighted by molar-refractivity contribution is 5.59. The van der Waals surface area contributed by atoms with Crippen molar-refractivity contribution < 1.29 is 0 Å². The number of hydrogen-bond acceptors (Lipinski definition) is 2. The Hall–Kier alpha value is -1.51. The average molecular weight is 301 g/mol. The number of imidazole rings is 1. The normalized spacial score (nSPS) is 12.9. The van der Waals surface area contributed by atoms with Gasteiger partial charge in [0, 0.05) is 11.7 Å². The number of rotatable bonds is 5. The Labute approximate surface area is 135 Å². The molecule has 0 fully saturated rings. The van der Waals surface area contributed by atoms with Gasteiger partial charge in [0.05, 0.1) is 5.69 Å². The SMILES string of the molecule is CCCc1nc2c(C)cccn2c1NC(C)(C)CC(C)(C)C. The molecule has 3 heteroatoms. The van der Waals surface area contributed by atoms with Crippen LogP contribution in [0.5, 0.6) is 0 Å². The van der Waals surface area contributed by atoms with Crippen LogP contribution in [0.3, 0.4) is 0 Å². The number of nitrogens with one attached hydrogen (secondary N) is 1. The molecule has 0 atom stereocenters. The highest BCUT2D eigenvalue weighted by Gasteiger charge is 2.27. The van der Waals surface area contributed by atoms with Gasteiger partial charge >= 0.3 is 0 Å². The van der Waals surface area contributed by atoms with E-state index in [4.69, 9.17) is 4.98 Å². The van der Waals surface area contributed by atoms with Gasteiger partial charge in [0.15, 0.2) is 0 Å². The van der Waals surface area contributed by atoms with Crippen LogP contribution in [0.15, 0.2) is 18.3 Å². The minimum Gasteiger partial charge on any atom is -0.365 e. The summed E-state index contributed by atoms with van der Waals surface area (Å²) in [5.74, 6) is 1.16. The van der Waals surface area contributed by atoms with E-state index in [0.29, 0.717) is 0 Å². The molecule has 0 aromatic carbocycles. The van der Waals surface area contributed by atoms with E-state index in [2.05, 4.69) is 76.5 Å². The molecule has 22 heavy (non-hydrogen) atoms. The first kappa shape index (κ1) is 16.9. The van der Waals surface area contributed by atoms with Crippen molar-refractivity contribution in [2.24, 2.45) is 5.41 Å². The minimum atomic E-state index is 0.0282. The van der Waals surface area contributed by atoms with E-state index in [1.165, 1.54) is 11.3 Å². The smallest absolute Gasteiger partial charge is 0.141 e. The molecule has 0 aliphatic carbocycles. The van der Waals surface area contributed by atoms with Gasteiger partial charge in [-0.05, 0) is 50.7 Å². The molecule has 0 aliphatic heterocycles. The molecule has 0 spiro atoms. The first-order valence-corrected chi connectivity index (χ1v) is 8.38. The molecule has 2 aromatic rings. The molecule has 1 N–H and O–H groups in total. The van der Waals surface area contributed by atoms with Crippen molar-refractivity contribution in [2.45, 2.75) is 73.3 Å². The van der Waals surface area contributed by atoms with Crippen LogP contribution >= 0.6 is 0 Å².